The molecular weight excluding hydrogens is 342 g/mol. The first-order chi connectivity index (χ1) is 12.8. The zero-order chi connectivity index (χ0) is 17.8. The van der Waals surface area contributed by atoms with Gasteiger partial charge in [-0.15, -0.1) is 11.3 Å². The third-order valence-corrected chi connectivity index (χ3v) is 5.48. The fraction of sp³-hybridized carbons (Fsp3) is 0.333. The van der Waals surface area contributed by atoms with E-state index in [4.69, 9.17) is 9.72 Å². The summed E-state index contributed by atoms with van der Waals surface area (Å²) in [6.07, 6.45) is 2.88. The molecule has 0 spiro atoms. The molecule has 0 N–H and O–H groups in total. The van der Waals surface area contributed by atoms with Crippen LogP contribution >= 0.6 is 11.3 Å². The minimum Gasteiger partial charge on any atom is -0.369 e. The van der Waals surface area contributed by atoms with Crippen LogP contribution in [0.4, 0.5) is 0 Å². The van der Waals surface area contributed by atoms with Gasteiger partial charge in [-0.2, -0.15) is 0 Å². The first-order valence-corrected chi connectivity index (χ1v) is 9.83. The zero-order valence-electron chi connectivity index (χ0n) is 15.0. The smallest absolute Gasteiger partial charge is 0.112 e. The van der Waals surface area contributed by atoms with Crippen LogP contribution in [0, 0.1) is 6.92 Å². The largest absolute Gasteiger partial charge is 0.369 e. The van der Waals surface area contributed by atoms with Crippen molar-refractivity contribution >= 4 is 11.3 Å². The summed E-state index contributed by atoms with van der Waals surface area (Å²) >= 11 is 1.77. The maximum absolute atomic E-state index is 6.03. The van der Waals surface area contributed by atoms with E-state index in [1.54, 1.807) is 11.3 Å². The molecule has 3 aromatic rings. The Hall–Kier alpha value is -2.08. The van der Waals surface area contributed by atoms with Gasteiger partial charge >= 0.3 is 0 Å². The van der Waals surface area contributed by atoms with Crippen LogP contribution in [-0.2, 0) is 17.7 Å². The van der Waals surface area contributed by atoms with Gasteiger partial charge in [0.25, 0.3) is 0 Å². The number of hydrogen-bond acceptors (Lipinski definition) is 5. The predicted octanol–water partition coefficient (Wildman–Crippen LogP) is 4.01. The Bertz CT molecular complexity index is 849. The predicted molar refractivity (Wildman–Crippen MR) is 104 cm³/mol. The lowest BCUT2D eigenvalue weighted by Crippen LogP contribution is -2.38. The summed E-state index contributed by atoms with van der Waals surface area (Å²) in [5.74, 6) is 0. The van der Waals surface area contributed by atoms with E-state index in [2.05, 4.69) is 59.3 Å². The molecule has 26 heavy (non-hydrogen) atoms. The van der Waals surface area contributed by atoms with E-state index in [0.717, 1.165) is 49.1 Å². The summed E-state index contributed by atoms with van der Waals surface area (Å²) in [5, 5.41) is 1.13. The Morgan fingerprint density at radius 2 is 2.04 bits per heavy atom. The van der Waals surface area contributed by atoms with Crippen LogP contribution in [0.3, 0.4) is 0 Å². The maximum atomic E-state index is 6.03. The normalized spacial score (nSPS) is 18.1. The quantitative estimate of drug-likeness (QED) is 0.685. The summed E-state index contributed by atoms with van der Waals surface area (Å²) in [7, 11) is 0. The van der Waals surface area contributed by atoms with Crippen molar-refractivity contribution in [3.8, 4) is 0 Å². The van der Waals surface area contributed by atoms with Gasteiger partial charge in [0.2, 0.25) is 0 Å². The van der Waals surface area contributed by atoms with Crippen molar-refractivity contribution in [2.75, 3.05) is 19.7 Å². The molecule has 0 radical (unpaired) electrons. The van der Waals surface area contributed by atoms with Crippen LogP contribution < -0.4 is 0 Å². The lowest BCUT2D eigenvalue weighted by atomic mass is 10.1. The van der Waals surface area contributed by atoms with Gasteiger partial charge in [0, 0.05) is 42.8 Å². The van der Waals surface area contributed by atoms with Crippen molar-refractivity contribution in [1.29, 1.82) is 0 Å². The number of pyridine rings is 1. The van der Waals surface area contributed by atoms with Crippen molar-refractivity contribution < 1.29 is 4.74 Å². The average Bonchev–Trinajstić information content (AvgIpc) is 3.08. The molecule has 0 amide bonds. The van der Waals surface area contributed by atoms with Gasteiger partial charge < -0.3 is 4.74 Å². The zero-order valence-corrected chi connectivity index (χ0v) is 15.8. The standard InChI is InChI=1S/C21H23N3OS/c1-16-22-13-19(26-16)14-24-10-11-25-21(15-24)20-9-5-8-18(23-20)12-17-6-3-2-4-7-17/h2-9,13,21H,10-12,14-15H2,1H3. The summed E-state index contributed by atoms with van der Waals surface area (Å²) < 4.78 is 6.03. The second kappa shape index (κ2) is 8.08. The summed E-state index contributed by atoms with van der Waals surface area (Å²) in [4.78, 5) is 13.0. The Labute approximate surface area is 158 Å². The second-order valence-electron chi connectivity index (χ2n) is 6.66. The fourth-order valence-electron chi connectivity index (χ4n) is 3.30. The van der Waals surface area contributed by atoms with Crippen molar-refractivity contribution in [3.05, 3.63) is 81.6 Å². The maximum Gasteiger partial charge on any atom is 0.112 e. The van der Waals surface area contributed by atoms with E-state index in [9.17, 15) is 0 Å². The molecule has 0 bridgehead atoms. The van der Waals surface area contributed by atoms with Crippen LogP contribution in [0.5, 0.6) is 0 Å². The molecule has 4 rings (SSSR count). The van der Waals surface area contributed by atoms with Crippen molar-refractivity contribution in [2.24, 2.45) is 0 Å². The summed E-state index contributed by atoms with van der Waals surface area (Å²) in [6.45, 7) is 5.57. The van der Waals surface area contributed by atoms with Gasteiger partial charge in [-0.1, -0.05) is 36.4 Å². The van der Waals surface area contributed by atoms with E-state index in [1.807, 2.05) is 12.3 Å². The van der Waals surface area contributed by atoms with E-state index >= 15 is 0 Å². The third-order valence-electron chi connectivity index (χ3n) is 4.59. The van der Waals surface area contributed by atoms with Gasteiger partial charge in [0.15, 0.2) is 0 Å². The highest BCUT2D eigenvalue weighted by molar-refractivity contribution is 7.11. The topological polar surface area (TPSA) is 38.2 Å². The summed E-state index contributed by atoms with van der Waals surface area (Å²) in [6, 6.07) is 16.7. The summed E-state index contributed by atoms with van der Waals surface area (Å²) in [5.41, 5.74) is 3.40. The lowest BCUT2D eigenvalue weighted by molar-refractivity contribution is -0.0347. The lowest BCUT2D eigenvalue weighted by Gasteiger charge is -2.32. The van der Waals surface area contributed by atoms with Gasteiger partial charge in [-0.3, -0.25) is 9.88 Å². The molecular formula is C21H23N3OS. The van der Waals surface area contributed by atoms with E-state index in [0.29, 0.717) is 0 Å². The molecule has 1 unspecified atom stereocenters. The molecule has 1 fully saturated rings. The SMILES string of the molecule is Cc1ncc(CN2CCOC(c3cccc(Cc4ccccc4)n3)C2)s1. The number of benzene rings is 1. The first kappa shape index (κ1) is 17.3. The molecule has 2 aromatic heterocycles. The fourth-order valence-corrected chi connectivity index (χ4v) is 4.14. The molecule has 1 aliphatic heterocycles. The molecule has 1 saturated heterocycles. The number of aromatic nitrogens is 2. The van der Waals surface area contributed by atoms with Gasteiger partial charge in [0.1, 0.15) is 6.10 Å². The average molecular weight is 366 g/mol. The van der Waals surface area contributed by atoms with Gasteiger partial charge in [0.05, 0.1) is 17.3 Å². The third kappa shape index (κ3) is 4.36. The first-order valence-electron chi connectivity index (χ1n) is 9.01. The highest BCUT2D eigenvalue weighted by Crippen LogP contribution is 2.24. The number of thiazole rings is 1. The minimum absolute atomic E-state index is 0.0356. The van der Waals surface area contributed by atoms with Crippen LogP contribution in [0.25, 0.3) is 0 Å². The monoisotopic (exact) mass is 365 g/mol. The highest BCUT2D eigenvalue weighted by Gasteiger charge is 2.23. The van der Waals surface area contributed by atoms with Crippen LogP contribution in [-0.4, -0.2) is 34.6 Å². The molecule has 1 atom stereocenters. The number of hydrogen-bond donors (Lipinski definition) is 0. The van der Waals surface area contributed by atoms with E-state index in [1.165, 1.54) is 10.4 Å². The molecule has 1 aliphatic rings. The Morgan fingerprint density at radius 3 is 2.85 bits per heavy atom. The number of aryl methyl sites for hydroxylation is 1. The molecule has 0 aliphatic carbocycles. The van der Waals surface area contributed by atoms with Crippen LogP contribution in [0.15, 0.2) is 54.7 Å². The van der Waals surface area contributed by atoms with Crippen molar-refractivity contribution in [2.45, 2.75) is 26.0 Å². The minimum atomic E-state index is 0.0356. The molecule has 134 valence electrons. The van der Waals surface area contributed by atoms with Crippen molar-refractivity contribution in [3.63, 3.8) is 0 Å². The number of nitrogens with zero attached hydrogens (tertiary/aromatic N) is 3. The highest BCUT2D eigenvalue weighted by atomic mass is 32.1. The molecule has 1 aromatic carbocycles. The Morgan fingerprint density at radius 1 is 1.15 bits per heavy atom. The number of morpholine rings is 1. The second-order valence-corrected chi connectivity index (χ2v) is 7.98. The van der Waals surface area contributed by atoms with Crippen LogP contribution in [0.1, 0.15) is 32.9 Å². The number of ether oxygens (including phenoxy) is 1. The Balaban J connectivity index is 1.44. The van der Waals surface area contributed by atoms with Crippen molar-refractivity contribution in [1.82, 2.24) is 14.9 Å². The van der Waals surface area contributed by atoms with E-state index in [-0.39, 0.29) is 6.10 Å². The molecule has 4 nitrogen and oxygen atoms in total. The molecule has 0 saturated carbocycles. The van der Waals surface area contributed by atoms with Gasteiger partial charge in [-0.05, 0) is 24.6 Å². The van der Waals surface area contributed by atoms with E-state index < -0.39 is 0 Å². The number of rotatable bonds is 5. The molecule has 3 heterocycles. The van der Waals surface area contributed by atoms with Crippen LogP contribution in [0.2, 0.25) is 0 Å². The van der Waals surface area contributed by atoms with Gasteiger partial charge in [-0.25, -0.2) is 4.98 Å². The molecule has 5 heteroatoms. The Kier molecular flexibility index (Phi) is 5.39.